The van der Waals surface area contributed by atoms with E-state index in [1.165, 1.54) is 0 Å². The van der Waals surface area contributed by atoms with E-state index in [1.54, 1.807) is 20.8 Å². The Morgan fingerprint density at radius 1 is 1.25 bits per heavy atom. The van der Waals surface area contributed by atoms with E-state index < -0.39 is 36.1 Å². The number of alkyl carbamates (subject to hydrolysis) is 1. The molecule has 0 aromatic rings. The number of carboxylic acids is 2. The summed E-state index contributed by atoms with van der Waals surface area (Å²) in [4.78, 5) is 32.1. The Balaban J connectivity index is 4.35. The van der Waals surface area contributed by atoms with Crippen molar-refractivity contribution in [3.8, 4) is 0 Å². The lowest BCUT2D eigenvalue weighted by atomic mass is 10.2. The van der Waals surface area contributed by atoms with Crippen molar-refractivity contribution in [2.24, 2.45) is 0 Å². The van der Waals surface area contributed by atoms with Gasteiger partial charge in [0.05, 0.1) is 6.42 Å². The molecule has 0 bridgehead atoms. The summed E-state index contributed by atoms with van der Waals surface area (Å²) in [6.07, 6.45) is -1.66. The maximum Gasteiger partial charge on any atom is 0.408 e. The van der Waals surface area contributed by atoms with Gasteiger partial charge in [-0.1, -0.05) is 0 Å². The van der Waals surface area contributed by atoms with Crippen LogP contribution >= 0.6 is 0 Å². The first kappa shape index (κ1) is 14.2. The van der Waals surface area contributed by atoms with Gasteiger partial charge >= 0.3 is 18.0 Å². The SMILES string of the molecule is CC(C)(C)OC(=O)NC(CC(=O)O)[13C](=O)O. The van der Waals surface area contributed by atoms with Gasteiger partial charge in [-0.2, -0.15) is 0 Å². The summed E-state index contributed by atoms with van der Waals surface area (Å²) >= 11 is 0. The Morgan fingerprint density at radius 3 is 2.06 bits per heavy atom. The fourth-order valence-electron chi connectivity index (χ4n) is 0.825. The first-order chi connectivity index (χ1) is 7.11. The van der Waals surface area contributed by atoms with Crippen LogP contribution in [0.4, 0.5) is 4.79 Å². The number of ether oxygens (including phenoxy) is 1. The number of rotatable bonds is 4. The highest BCUT2D eigenvalue weighted by atomic mass is 16.6. The van der Waals surface area contributed by atoms with Crippen LogP contribution in [0.2, 0.25) is 0 Å². The molecule has 0 heterocycles. The van der Waals surface area contributed by atoms with Crippen LogP contribution in [0, 0.1) is 0 Å². The van der Waals surface area contributed by atoms with Crippen molar-refractivity contribution in [3.63, 3.8) is 0 Å². The van der Waals surface area contributed by atoms with Crippen molar-refractivity contribution in [1.29, 1.82) is 0 Å². The summed E-state index contributed by atoms with van der Waals surface area (Å²) in [6, 6.07) is -1.49. The minimum atomic E-state index is -1.49. The highest BCUT2D eigenvalue weighted by Crippen LogP contribution is 2.07. The van der Waals surface area contributed by atoms with Crippen molar-refractivity contribution in [2.75, 3.05) is 0 Å². The maximum absolute atomic E-state index is 11.2. The smallest absolute Gasteiger partial charge is 0.408 e. The third-order valence-corrected chi connectivity index (χ3v) is 1.37. The second-order valence-corrected chi connectivity index (χ2v) is 4.13. The molecular formula is C9H15NO6. The Morgan fingerprint density at radius 2 is 1.75 bits per heavy atom. The molecule has 7 nitrogen and oxygen atoms in total. The number of carbonyl (C=O) groups excluding carboxylic acids is 1. The van der Waals surface area contributed by atoms with Gasteiger partial charge in [-0.15, -0.1) is 0 Å². The monoisotopic (exact) mass is 234 g/mol. The van der Waals surface area contributed by atoms with Crippen molar-refractivity contribution < 1.29 is 29.3 Å². The van der Waals surface area contributed by atoms with Crippen molar-refractivity contribution in [3.05, 3.63) is 0 Å². The van der Waals surface area contributed by atoms with Crippen LogP contribution in [-0.2, 0) is 14.3 Å². The predicted octanol–water partition coefficient (Wildman–Crippen LogP) is 0.439. The van der Waals surface area contributed by atoms with Gasteiger partial charge in [-0.05, 0) is 20.8 Å². The molecule has 0 aliphatic carbocycles. The molecule has 0 rings (SSSR count). The number of nitrogens with one attached hydrogen (secondary N) is 1. The first-order valence-electron chi connectivity index (χ1n) is 4.56. The fourth-order valence-corrected chi connectivity index (χ4v) is 0.825. The summed E-state index contributed by atoms with van der Waals surface area (Å²) in [5.74, 6) is -2.74. The molecule has 0 aliphatic heterocycles. The maximum atomic E-state index is 11.2. The molecule has 0 aromatic carbocycles. The second-order valence-electron chi connectivity index (χ2n) is 4.13. The lowest BCUT2D eigenvalue weighted by Gasteiger charge is -2.21. The van der Waals surface area contributed by atoms with Gasteiger partial charge in [0, 0.05) is 0 Å². The normalized spacial score (nSPS) is 12.7. The van der Waals surface area contributed by atoms with E-state index in [0.29, 0.717) is 0 Å². The van der Waals surface area contributed by atoms with E-state index in [4.69, 9.17) is 14.9 Å². The van der Waals surface area contributed by atoms with E-state index in [1.807, 2.05) is 5.32 Å². The number of carbonyl (C=O) groups is 3. The average Bonchev–Trinajstić information content (AvgIpc) is 1.97. The molecule has 1 amide bonds. The second kappa shape index (κ2) is 5.34. The van der Waals surface area contributed by atoms with E-state index >= 15 is 0 Å². The molecule has 0 radical (unpaired) electrons. The molecule has 0 aromatic heterocycles. The molecule has 0 saturated heterocycles. The molecule has 0 saturated carbocycles. The van der Waals surface area contributed by atoms with Gasteiger partial charge in [0.2, 0.25) is 0 Å². The highest BCUT2D eigenvalue weighted by Gasteiger charge is 2.25. The molecule has 0 aliphatic rings. The van der Waals surface area contributed by atoms with Crippen LogP contribution < -0.4 is 5.32 Å². The van der Waals surface area contributed by atoms with E-state index in [0.717, 1.165) is 0 Å². The predicted molar refractivity (Wildman–Crippen MR) is 53.0 cm³/mol. The third kappa shape index (κ3) is 6.63. The number of hydrogen-bond acceptors (Lipinski definition) is 4. The van der Waals surface area contributed by atoms with Gasteiger partial charge in [-0.3, -0.25) is 4.79 Å². The summed E-state index contributed by atoms with van der Waals surface area (Å²) in [7, 11) is 0. The minimum absolute atomic E-state index is 0.700. The molecule has 92 valence electrons. The largest absolute Gasteiger partial charge is 0.481 e. The van der Waals surface area contributed by atoms with Crippen LogP contribution in [0.1, 0.15) is 27.2 Å². The molecule has 16 heavy (non-hydrogen) atoms. The lowest BCUT2D eigenvalue weighted by molar-refractivity contribution is -0.145. The summed E-state index contributed by atoms with van der Waals surface area (Å²) < 4.78 is 4.79. The van der Waals surface area contributed by atoms with E-state index in [2.05, 4.69) is 0 Å². The molecular weight excluding hydrogens is 219 g/mol. The van der Waals surface area contributed by atoms with Gasteiger partial charge in [0.1, 0.15) is 11.6 Å². The van der Waals surface area contributed by atoms with Crippen LogP contribution in [0.15, 0.2) is 0 Å². The van der Waals surface area contributed by atoms with Crippen LogP contribution in [0.25, 0.3) is 0 Å². The lowest BCUT2D eigenvalue weighted by Crippen LogP contribution is -2.44. The van der Waals surface area contributed by atoms with Crippen LogP contribution in [-0.4, -0.2) is 39.9 Å². The third-order valence-electron chi connectivity index (χ3n) is 1.37. The quantitative estimate of drug-likeness (QED) is 0.608. The summed E-state index contributed by atoms with van der Waals surface area (Å²) in [5.41, 5.74) is -0.767. The van der Waals surface area contributed by atoms with Crippen LogP contribution in [0.5, 0.6) is 0 Å². The Kier molecular flexibility index (Phi) is 4.74. The molecule has 7 heteroatoms. The van der Waals surface area contributed by atoms with Crippen molar-refractivity contribution in [2.45, 2.75) is 38.8 Å². The van der Waals surface area contributed by atoms with E-state index in [9.17, 15) is 14.4 Å². The Bertz CT molecular complexity index is 293. The topological polar surface area (TPSA) is 113 Å². The zero-order valence-electron chi connectivity index (χ0n) is 9.31. The number of aliphatic carboxylic acids is 2. The Labute approximate surface area is 92.4 Å². The number of carboxylic acid groups (broad SMARTS) is 2. The highest BCUT2D eigenvalue weighted by molar-refractivity contribution is 5.84. The number of hydrogen-bond donors (Lipinski definition) is 3. The summed E-state index contributed by atoms with van der Waals surface area (Å²) in [5, 5.41) is 19.0. The van der Waals surface area contributed by atoms with E-state index in [-0.39, 0.29) is 0 Å². The fraction of sp³-hybridized carbons (Fsp3) is 0.667. The van der Waals surface area contributed by atoms with Crippen molar-refractivity contribution in [1.82, 2.24) is 5.32 Å². The molecule has 0 spiro atoms. The van der Waals surface area contributed by atoms with Gasteiger partial charge in [-0.25, -0.2) is 9.59 Å². The zero-order valence-corrected chi connectivity index (χ0v) is 9.31. The molecule has 1 unspecified atom stereocenters. The number of amides is 1. The van der Waals surface area contributed by atoms with Crippen LogP contribution in [0.3, 0.4) is 0 Å². The first-order valence-corrected chi connectivity index (χ1v) is 4.56. The zero-order chi connectivity index (χ0) is 12.9. The standard InChI is InChI=1S/C9H15NO6/c1-9(2,3)16-8(15)10-5(7(13)14)4-6(11)12/h5H,4H2,1-3H3,(H,10,15)(H,11,12)(H,13,14)/i7+1. The van der Waals surface area contributed by atoms with Gasteiger partial charge < -0.3 is 20.3 Å². The van der Waals surface area contributed by atoms with Gasteiger partial charge in [0.15, 0.2) is 0 Å². The summed E-state index contributed by atoms with van der Waals surface area (Å²) in [6.45, 7) is 4.83. The van der Waals surface area contributed by atoms with Gasteiger partial charge in [0.25, 0.3) is 0 Å². The molecule has 3 N–H and O–H groups in total. The molecule has 1 atom stereocenters. The minimum Gasteiger partial charge on any atom is -0.481 e. The van der Waals surface area contributed by atoms with Crippen molar-refractivity contribution >= 4 is 18.0 Å². The molecule has 0 fully saturated rings. The Hall–Kier alpha value is -1.79. The average molecular weight is 234 g/mol.